The molecule has 1 amide bonds. The fourth-order valence-corrected chi connectivity index (χ4v) is 2.18. The second-order valence-electron chi connectivity index (χ2n) is 4.63. The van der Waals surface area contributed by atoms with E-state index in [1.807, 2.05) is 19.2 Å². The monoisotopic (exact) mass is 291 g/mol. The molecular weight excluding hydrogens is 270 g/mol. The van der Waals surface area contributed by atoms with Crippen molar-refractivity contribution in [2.45, 2.75) is 46.1 Å². The number of hydrogen-bond donors (Lipinski definition) is 2. The van der Waals surface area contributed by atoms with Gasteiger partial charge in [0.25, 0.3) is 0 Å². The molecule has 104 valence electrons. The summed E-state index contributed by atoms with van der Waals surface area (Å²) in [6.45, 7) is 8.15. The zero-order valence-corrected chi connectivity index (χ0v) is 12.9. The predicted molar refractivity (Wildman–Crippen MR) is 79.5 cm³/mol. The van der Waals surface area contributed by atoms with Crippen molar-refractivity contribution in [2.75, 3.05) is 5.32 Å². The Morgan fingerprint density at radius 3 is 2.56 bits per heavy atom. The van der Waals surface area contributed by atoms with Gasteiger partial charge in [0, 0.05) is 5.38 Å². The van der Waals surface area contributed by atoms with E-state index in [1.165, 1.54) is 11.3 Å². The van der Waals surface area contributed by atoms with E-state index in [4.69, 9.17) is 5.73 Å². The normalized spacial score (nSPS) is 13.9. The molecule has 1 rings (SSSR count). The summed E-state index contributed by atoms with van der Waals surface area (Å²) in [7, 11) is 0. The van der Waals surface area contributed by atoms with E-state index in [9.17, 15) is 4.79 Å². The summed E-state index contributed by atoms with van der Waals surface area (Å²) in [4.78, 5) is 16.2. The van der Waals surface area contributed by atoms with E-state index in [0.29, 0.717) is 11.0 Å². The average molecular weight is 292 g/mol. The minimum atomic E-state index is -0.466. The van der Waals surface area contributed by atoms with Gasteiger partial charge < -0.3 is 11.1 Å². The van der Waals surface area contributed by atoms with Crippen LogP contribution in [0.5, 0.6) is 0 Å². The van der Waals surface area contributed by atoms with Gasteiger partial charge >= 0.3 is 0 Å². The van der Waals surface area contributed by atoms with Gasteiger partial charge in [-0.1, -0.05) is 34.1 Å². The number of halogens is 1. The number of nitrogens with one attached hydrogen (secondary N) is 1. The molecular formula is C12H22ClN3OS. The fraction of sp³-hybridized carbons (Fsp3) is 0.667. The SMILES string of the molecule is CCC(C)C(N)C(=O)Nc1nc(C(C)C)cs1.Cl. The third-order valence-electron chi connectivity index (χ3n) is 2.90. The lowest BCUT2D eigenvalue weighted by atomic mass is 10.00. The Hall–Kier alpha value is -0.650. The van der Waals surface area contributed by atoms with Gasteiger partial charge in [0.2, 0.25) is 5.91 Å². The molecule has 6 heteroatoms. The highest BCUT2D eigenvalue weighted by Gasteiger charge is 2.20. The topological polar surface area (TPSA) is 68.0 Å². The first kappa shape index (κ1) is 17.4. The molecule has 2 unspecified atom stereocenters. The standard InChI is InChI=1S/C12H21N3OS.ClH/c1-5-8(4)10(13)11(16)15-12-14-9(6-17-12)7(2)3;/h6-8,10H,5,13H2,1-4H3,(H,14,15,16);1H. The van der Waals surface area contributed by atoms with E-state index >= 15 is 0 Å². The summed E-state index contributed by atoms with van der Waals surface area (Å²) >= 11 is 1.44. The average Bonchev–Trinajstić information content (AvgIpc) is 2.75. The van der Waals surface area contributed by atoms with Gasteiger partial charge in [-0.15, -0.1) is 23.7 Å². The molecule has 1 aromatic rings. The number of hydrogen-bond acceptors (Lipinski definition) is 4. The van der Waals surface area contributed by atoms with Gasteiger partial charge in [-0.25, -0.2) is 4.98 Å². The van der Waals surface area contributed by atoms with Gasteiger partial charge in [0.1, 0.15) is 0 Å². The van der Waals surface area contributed by atoms with Crippen molar-refractivity contribution in [3.05, 3.63) is 11.1 Å². The van der Waals surface area contributed by atoms with Crippen molar-refractivity contribution < 1.29 is 4.79 Å². The number of aromatic nitrogens is 1. The lowest BCUT2D eigenvalue weighted by Gasteiger charge is -2.16. The van der Waals surface area contributed by atoms with Gasteiger partial charge in [0.15, 0.2) is 5.13 Å². The van der Waals surface area contributed by atoms with E-state index < -0.39 is 6.04 Å². The number of nitrogens with zero attached hydrogens (tertiary/aromatic N) is 1. The minimum Gasteiger partial charge on any atom is -0.320 e. The van der Waals surface area contributed by atoms with Gasteiger partial charge in [-0.05, 0) is 11.8 Å². The van der Waals surface area contributed by atoms with E-state index in [-0.39, 0.29) is 24.2 Å². The number of carbonyl (C=O) groups excluding carboxylic acids is 1. The third kappa shape index (κ3) is 4.55. The number of thiazole rings is 1. The summed E-state index contributed by atoms with van der Waals surface area (Å²) in [5, 5.41) is 5.38. The number of nitrogens with two attached hydrogens (primary N) is 1. The van der Waals surface area contributed by atoms with Gasteiger partial charge in [-0.2, -0.15) is 0 Å². The highest BCUT2D eigenvalue weighted by atomic mass is 35.5. The Labute approximate surface area is 119 Å². The van der Waals surface area contributed by atoms with E-state index in [1.54, 1.807) is 0 Å². The Morgan fingerprint density at radius 2 is 2.11 bits per heavy atom. The Kier molecular flexibility index (Phi) is 7.43. The molecule has 1 heterocycles. The van der Waals surface area contributed by atoms with Crippen molar-refractivity contribution in [3.8, 4) is 0 Å². The molecule has 18 heavy (non-hydrogen) atoms. The molecule has 0 aliphatic rings. The van der Waals surface area contributed by atoms with Crippen LogP contribution < -0.4 is 11.1 Å². The second kappa shape index (κ2) is 7.71. The summed E-state index contributed by atoms with van der Waals surface area (Å²) < 4.78 is 0. The molecule has 2 atom stereocenters. The molecule has 0 bridgehead atoms. The van der Waals surface area contributed by atoms with Crippen LogP contribution in [0.3, 0.4) is 0 Å². The maximum atomic E-state index is 11.8. The molecule has 0 fully saturated rings. The van der Waals surface area contributed by atoms with Crippen molar-refractivity contribution in [1.82, 2.24) is 4.98 Å². The number of carbonyl (C=O) groups is 1. The molecule has 0 radical (unpaired) electrons. The zero-order valence-electron chi connectivity index (χ0n) is 11.3. The molecule has 0 saturated carbocycles. The number of rotatable bonds is 5. The zero-order chi connectivity index (χ0) is 13.0. The van der Waals surface area contributed by atoms with Crippen LogP contribution in [0.25, 0.3) is 0 Å². The van der Waals surface area contributed by atoms with Gasteiger partial charge in [0.05, 0.1) is 11.7 Å². The van der Waals surface area contributed by atoms with Crippen LogP contribution in [0.1, 0.15) is 45.7 Å². The Bertz CT molecular complexity index is 381. The molecule has 3 N–H and O–H groups in total. The first-order chi connectivity index (χ1) is 7.95. The van der Waals surface area contributed by atoms with Crippen molar-refractivity contribution in [3.63, 3.8) is 0 Å². The maximum Gasteiger partial charge on any atom is 0.243 e. The molecule has 4 nitrogen and oxygen atoms in total. The molecule has 0 aliphatic heterocycles. The van der Waals surface area contributed by atoms with E-state index in [0.717, 1.165) is 12.1 Å². The Morgan fingerprint density at radius 1 is 1.50 bits per heavy atom. The summed E-state index contributed by atoms with van der Waals surface area (Å²) in [5.74, 6) is 0.406. The maximum absolute atomic E-state index is 11.8. The van der Waals surface area contributed by atoms with Crippen LogP contribution in [0.2, 0.25) is 0 Å². The molecule has 0 aliphatic carbocycles. The van der Waals surface area contributed by atoms with Crippen molar-refractivity contribution in [1.29, 1.82) is 0 Å². The molecule has 1 aromatic heterocycles. The highest BCUT2D eigenvalue weighted by molar-refractivity contribution is 7.13. The summed E-state index contributed by atoms with van der Waals surface area (Å²) in [6.07, 6.45) is 0.893. The predicted octanol–water partition coefficient (Wildman–Crippen LogP) is 3.00. The number of amides is 1. The number of anilines is 1. The van der Waals surface area contributed by atoms with Crippen LogP contribution in [-0.2, 0) is 4.79 Å². The van der Waals surface area contributed by atoms with Crippen LogP contribution in [-0.4, -0.2) is 16.9 Å². The molecule has 0 aromatic carbocycles. The summed E-state index contributed by atoms with van der Waals surface area (Å²) in [6, 6.07) is -0.466. The van der Waals surface area contributed by atoms with Gasteiger partial charge in [-0.3, -0.25) is 4.79 Å². The fourth-order valence-electron chi connectivity index (χ4n) is 1.31. The lowest BCUT2D eigenvalue weighted by molar-refractivity contribution is -0.118. The Balaban J connectivity index is 0.00000289. The molecule has 0 spiro atoms. The minimum absolute atomic E-state index is 0. The largest absolute Gasteiger partial charge is 0.320 e. The first-order valence-corrected chi connectivity index (χ1v) is 6.85. The second-order valence-corrected chi connectivity index (χ2v) is 5.49. The van der Waals surface area contributed by atoms with Crippen LogP contribution in [0.15, 0.2) is 5.38 Å². The van der Waals surface area contributed by atoms with Crippen LogP contribution >= 0.6 is 23.7 Å². The molecule has 0 saturated heterocycles. The van der Waals surface area contributed by atoms with Crippen LogP contribution in [0, 0.1) is 5.92 Å². The quantitative estimate of drug-likeness (QED) is 0.876. The van der Waals surface area contributed by atoms with Crippen LogP contribution in [0.4, 0.5) is 5.13 Å². The first-order valence-electron chi connectivity index (χ1n) is 5.97. The summed E-state index contributed by atoms with van der Waals surface area (Å²) in [5.41, 5.74) is 6.85. The van der Waals surface area contributed by atoms with Crippen molar-refractivity contribution in [2.24, 2.45) is 11.7 Å². The smallest absolute Gasteiger partial charge is 0.243 e. The highest BCUT2D eigenvalue weighted by Crippen LogP contribution is 2.21. The van der Waals surface area contributed by atoms with Crippen molar-refractivity contribution >= 4 is 34.8 Å². The van der Waals surface area contributed by atoms with E-state index in [2.05, 4.69) is 24.1 Å². The third-order valence-corrected chi connectivity index (χ3v) is 3.68. The lowest BCUT2D eigenvalue weighted by Crippen LogP contribution is -2.40.